The van der Waals surface area contributed by atoms with E-state index in [0.717, 1.165) is 55.7 Å². The van der Waals surface area contributed by atoms with E-state index in [4.69, 9.17) is 22.3 Å². The van der Waals surface area contributed by atoms with E-state index in [2.05, 4.69) is 36.5 Å². The summed E-state index contributed by atoms with van der Waals surface area (Å²) in [5, 5.41) is 4.28. The number of rotatable bonds is 14. The first-order valence-electron chi connectivity index (χ1n) is 12.6. The molecular formula is C29H43ClF2N4O. The molecule has 1 atom stereocenters. The van der Waals surface area contributed by atoms with Gasteiger partial charge in [0.25, 0.3) is 0 Å². The fourth-order valence-electron chi connectivity index (χ4n) is 3.28. The molecule has 0 aliphatic heterocycles. The van der Waals surface area contributed by atoms with Crippen LogP contribution in [0.2, 0.25) is 5.02 Å². The van der Waals surface area contributed by atoms with Crippen molar-refractivity contribution in [2.75, 3.05) is 20.3 Å². The minimum atomic E-state index is -0.346. The normalized spacial score (nSPS) is 12.0. The molecule has 3 N–H and O–H groups in total. The molecule has 0 aliphatic rings. The Morgan fingerprint density at radius 1 is 1.30 bits per heavy atom. The summed E-state index contributed by atoms with van der Waals surface area (Å²) in [5.41, 5.74) is 7.53. The minimum Gasteiger partial charge on any atom is -0.333 e. The minimum absolute atomic E-state index is 0.103. The van der Waals surface area contributed by atoms with Crippen LogP contribution in [0.5, 0.6) is 0 Å². The Labute approximate surface area is 226 Å². The number of allylic oxidation sites excluding steroid dienone is 5. The summed E-state index contributed by atoms with van der Waals surface area (Å²) in [6.45, 7) is 12.0. The van der Waals surface area contributed by atoms with Gasteiger partial charge in [-0.3, -0.25) is 4.39 Å². The SMILES string of the molecule is C=C/C(F)=C\C=C/CCn1cc(-c2cccc(Cl)c2)nc1C(NCCCN)C(C)C.CCCC=O.CF. The number of aldehydes is 1. The van der Waals surface area contributed by atoms with Gasteiger partial charge in [-0.05, 0) is 62.6 Å². The molecule has 1 aromatic heterocycles. The fraction of sp³-hybridized carbons (Fsp3) is 0.448. The Morgan fingerprint density at radius 3 is 2.57 bits per heavy atom. The number of aryl methyl sites for hydroxylation is 1. The highest BCUT2D eigenvalue weighted by Crippen LogP contribution is 2.27. The Kier molecular flexibility index (Phi) is 20.0. The summed E-state index contributed by atoms with van der Waals surface area (Å²) in [6, 6.07) is 7.82. The van der Waals surface area contributed by atoms with Crippen LogP contribution < -0.4 is 11.1 Å². The lowest BCUT2D eigenvalue weighted by molar-refractivity contribution is -0.107. The third kappa shape index (κ3) is 14.1. The molecule has 0 saturated heterocycles. The van der Waals surface area contributed by atoms with Crippen LogP contribution in [0.4, 0.5) is 8.78 Å². The number of nitrogens with one attached hydrogen (secondary N) is 1. The number of halogens is 3. The number of nitrogens with zero attached hydrogens (tertiary/aromatic N) is 2. The number of benzene rings is 1. The molecule has 2 aromatic rings. The number of imidazole rings is 1. The molecule has 2 rings (SSSR count). The lowest BCUT2D eigenvalue weighted by Crippen LogP contribution is -2.30. The first-order chi connectivity index (χ1) is 17.9. The number of unbranched alkanes of at least 4 members (excludes halogenated alkanes) is 1. The number of hydrogen-bond donors (Lipinski definition) is 2. The van der Waals surface area contributed by atoms with Crippen molar-refractivity contribution in [3.05, 3.63) is 78.0 Å². The molecule has 0 amide bonds. The highest BCUT2D eigenvalue weighted by molar-refractivity contribution is 6.30. The largest absolute Gasteiger partial charge is 0.333 e. The number of alkyl halides is 1. The van der Waals surface area contributed by atoms with E-state index in [1.165, 1.54) is 12.2 Å². The topological polar surface area (TPSA) is 72.9 Å². The van der Waals surface area contributed by atoms with Crippen molar-refractivity contribution in [2.24, 2.45) is 11.7 Å². The van der Waals surface area contributed by atoms with E-state index in [1.54, 1.807) is 6.08 Å². The van der Waals surface area contributed by atoms with E-state index in [9.17, 15) is 13.6 Å². The molecule has 0 spiro atoms. The third-order valence-electron chi connectivity index (χ3n) is 5.15. The molecule has 0 bridgehead atoms. The molecule has 0 fully saturated rings. The molecule has 0 aliphatic carbocycles. The van der Waals surface area contributed by atoms with Crippen molar-refractivity contribution >= 4 is 17.9 Å². The van der Waals surface area contributed by atoms with E-state index < -0.39 is 0 Å². The molecule has 8 heteroatoms. The second-order valence-corrected chi connectivity index (χ2v) is 8.87. The average Bonchev–Trinajstić information content (AvgIpc) is 3.31. The number of aromatic nitrogens is 2. The van der Waals surface area contributed by atoms with Gasteiger partial charge in [0.15, 0.2) is 0 Å². The number of carbonyl (C=O) groups excluding carboxylic acids is 1. The molecule has 5 nitrogen and oxygen atoms in total. The summed E-state index contributed by atoms with van der Waals surface area (Å²) in [4.78, 5) is 14.4. The summed E-state index contributed by atoms with van der Waals surface area (Å²) >= 11 is 6.18. The smallest absolute Gasteiger partial charge is 0.126 e. The standard InChI is InChI=1S/C24H32ClFN4.C4H8O.CH3F/c1-4-21(26)12-6-5-7-15-30-17-22(19-10-8-11-20(25)16-19)29-24(30)23(18(2)3)28-14-9-13-27;1-2-3-4-5;1-2/h4-6,8,10-12,16-18,23,28H,1,7,9,13-15,27H2,2-3H3;4H,2-3H2,1H3;1H3/b6-5-,21-12+;;. The molecular weight excluding hydrogens is 494 g/mol. The van der Waals surface area contributed by atoms with Crippen LogP contribution >= 0.6 is 11.6 Å². The Morgan fingerprint density at radius 2 is 2.03 bits per heavy atom. The van der Waals surface area contributed by atoms with Gasteiger partial charge >= 0.3 is 0 Å². The van der Waals surface area contributed by atoms with Crippen LogP contribution in [0, 0.1) is 5.92 Å². The quantitative estimate of drug-likeness (QED) is 0.150. The summed E-state index contributed by atoms with van der Waals surface area (Å²) < 4.78 is 24.8. The van der Waals surface area contributed by atoms with Gasteiger partial charge in [-0.1, -0.05) is 63.2 Å². The van der Waals surface area contributed by atoms with Gasteiger partial charge in [0, 0.05) is 29.7 Å². The van der Waals surface area contributed by atoms with Crippen molar-refractivity contribution in [3.8, 4) is 11.3 Å². The van der Waals surface area contributed by atoms with Gasteiger partial charge in [-0.15, -0.1) is 0 Å². The Balaban J connectivity index is 0.00000165. The number of hydrogen-bond acceptors (Lipinski definition) is 4. The van der Waals surface area contributed by atoms with Crippen LogP contribution in [-0.4, -0.2) is 36.1 Å². The van der Waals surface area contributed by atoms with Crippen LogP contribution in [0.15, 0.2) is 67.2 Å². The number of carbonyl (C=O) groups is 1. The average molecular weight is 537 g/mol. The molecule has 0 saturated carbocycles. The lowest BCUT2D eigenvalue weighted by atomic mass is 10.0. The zero-order valence-electron chi connectivity index (χ0n) is 22.6. The van der Waals surface area contributed by atoms with E-state index in [1.807, 2.05) is 37.3 Å². The van der Waals surface area contributed by atoms with Crippen molar-refractivity contribution in [3.63, 3.8) is 0 Å². The third-order valence-corrected chi connectivity index (χ3v) is 5.38. The highest BCUT2D eigenvalue weighted by atomic mass is 35.5. The van der Waals surface area contributed by atoms with Gasteiger partial charge < -0.3 is 20.4 Å². The molecule has 206 valence electrons. The summed E-state index contributed by atoms with van der Waals surface area (Å²) in [7, 11) is 0.500. The zero-order valence-corrected chi connectivity index (χ0v) is 23.4. The molecule has 1 heterocycles. The second kappa shape index (κ2) is 21.5. The molecule has 1 aromatic carbocycles. The van der Waals surface area contributed by atoms with Crippen molar-refractivity contribution in [1.29, 1.82) is 0 Å². The van der Waals surface area contributed by atoms with Gasteiger partial charge in [-0.25, -0.2) is 9.37 Å². The van der Waals surface area contributed by atoms with Crippen molar-refractivity contribution < 1.29 is 13.6 Å². The Bertz CT molecular complexity index is 957. The van der Waals surface area contributed by atoms with Crippen molar-refractivity contribution in [1.82, 2.24) is 14.9 Å². The first kappa shape index (κ1) is 34.4. The lowest BCUT2D eigenvalue weighted by Gasteiger charge is -2.23. The van der Waals surface area contributed by atoms with E-state index >= 15 is 0 Å². The van der Waals surface area contributed by atoms with Crippen LogP contribution in [0.1, 0.15) is 58.3 Å². The molecule has 1 unspecified atom stereocenters. The Hall–Kier alpha value is -2.61. The van der Waals surface area contributed by atoms with E-state index in [0.29, 0.717) is 31.1 Å². The van der Waals surface area contributed by atoms with Gasteiger partial charge in [-0.2, -0.15) is 0 Å². The van der Waals surface area contributed by atoms with Crippen LogP contribution in [0.25, 0.3) is 11.3 Å². The van der Waals surface area contributed by atoms with Gasteiger partial charge in [0.1, 0.15) is 17.9 Å². The predicted octanol–water partition coefficient (Wildman–Crippen LogP) is 7.40. The maximum Gasteiger partial charge on any atom is 0.126 e. The van der Waals surface area contributed by atoms with Gasteiger partial charge in [0.05, 0.1) is 18.9 Å². The maximum atomic E-state index is 13.2. The fourth-order valence-corrected chi connectivity index (χ4v) is 3.48. The summed E-state index contributed by atoms with van der Waals surface area (Å²) in [5.74, 6) is 0.997. The predicted molar refractivity (Wildman–Crippen MR) is 153 cm³/mol. The first-order valence-corrected chi connectivity index (χ1v) is 13.0. The molecule has 37 heavy (non-hydrogen) atoms. The number of nitrogens with two attached hydrogens (primary N) is 1. The monoisotopic (exact) mass is 536 g/mol. The highest BCUT2D eigenvalue weighted by Gasteiger charge is 2.22. The maximum absolute atomic E-state index is 13.2. The van der Waals surface area contributed by atoms with Crippen molar-refractivity contribution in [2.45, 2.75) is 59.0 Å². The van der Waals surface area contributed by atoms with E-state index in [-0.39, 0.29) is 11.9 Å². The van der Waals surface area contributed by atoms with Gasteiger partial charge in [0.2, 0.25) is 0 Å². The second-order valence-electron chi connectivity index (χ2n) is 8.43. The molecule has 0 radical (unpaired) electrons. The van der Waals surface area contributed by atoms with Crippen LogP contribution in [-0.2, 0) is 11.3 Å². The zero-order chi connectivity index (χ0) is 28.1. The van der Waals surface area contributed by atoms with Crippen LogP contribution in [0.3, 0.4) is 0 Å². The summed E-state index contributed by atoms with van der Waals surface area (Å²) in [6.07, 6.45) is 12.6.